The minimum Gasteiger partial charge on any atom is -0.484 e. The third kappa shape index (κ3) is 5.58. The topological polar surface area (TPSA) is 32.8 Å². The highest BCUT2D eigenvalue weighted by molar-refractivity contribution is 6.30. The van der Waals surface area contributed by atoms with Crippen molar-refractivity contribution in [2.75, 3.05) is 32.8 Å². The summed E-state index contributed by atoms with van der Waals surface area (Å²) in [5.41, 5.74) is 0. The van der Waals surface area contributed by atoms with Gasteiger partial charge < -0.3 is 9.64 Å². The third-order valence-electron chi connectivity index (χ3n) is 3.68. The van der Waals surface area contributed by atoms with Gasteiger partial charge in [-0.25, -0.2) is 0 Å². The van der Waals surface area contributed by atoms with Crippen LogP contribution >= 0.6 is 11.6 Å². The Hall–Kier alpha value is -1.47. The maximum absolute atomic E-state index is 12.5. The SMILES string of the molecule is C[C@H]1CN(C(=O)COc2ccc(Cl)cc2)CCN1CC(F)(F)F. The van der Waals surface area contributed by atoms with Gasteiger partial charge in [0.2, 0.25) is 0 Å². The molecule has 1 aromatic rings. The Labute approximate surface area is 137 Å². The van der Waals surface area contributed by atoms with Gasteiger partial charge in [0.15, 0.2) is 6.61 Å². The van der Waals surface area contributed by atoms with Gasteiger partial charge in [0.25, 0.3) is 5.91 Å². The molecule has 0 unspecified atom stereocenters. The number of ether oxygens (including phenoxy) is 1. The molecule has 0 spiro atoms. The average molecular weight is 351 g/mol. The third-order valence-corrected chi connectivity index (χ3v) is 3.93. The van der Waals surface area contributed by atoms with E-state index >= 15 is 0 Å². The van der Waals surface area contributed by atoms with E-state index in [1.165, 1.54) is 9.80 Å². The van der Waals surface area contributed by atoms with Gasteiger partial charge in [0.1, 0.15) is 5.75 Å². The van der Waals surface area contributed by atoms with Gasteiger partial charge in [0.05, 0.1) is 6.54 Å². The second kappa shape index (κ2) is 7.40. The number of nitrogens with zero attached hydrogens (tertiary/aromatic N) is 2. The van der Waals surface area contributed by atoms with Crippen LogP contribution in [0.5, 0.6) is 5.75 Å². The van der Waals surface area contributed by atoms with Gasteiger partial charge in [-0.1, -0.05) is 11.6 Å². The van der Waals surface area contributed by atoms with Crippen LogP contribution in [0.25, 0.3) is 0 Å². The van der Waals surface area contributed by atoms with Gasteiger partial charge in [-0.3, -0.25) is 9.69 Å². The van der Waals surface area contributed by atoms with Crippen LogP contribution < -0.4 is 4.74 Å². The minimum absolute atomic E-state index is 0.145. The fourth-order valence-corrected chi connectivity index (χ4v) is 2.58. The van der Waals surface area contributed by atoms with E-state index in [4.69, 9.17) is 16.3 Å². The van der Waals surface area contributed by atoms with Crippen LogP contribution in [0.3, 0.4) is 0 Å². The monoisotopic (exact) mass is 350 g/mol. The molecule has 0 aromatic heterocycles. The Morgan fingerprint density at radius 3 is 2.52 bits per heavy atom. The first kappa shape index (κ1) is 17.9. The fourth-order valence-electron chi connectivity index (χ4n) is 2.45. The summed E-state index contributed by atoms with van der Waals surface area (Å²) in [6, 6.07) is 6.27. The molecule has 1 atom stereocenters. The molecule has 4 nitrogen and oxygen atoms in total. The Balaban J connectivity index is 1.81. The molecule has 1 amide bonds. The molecule has 2 rings (SSSR count). The number of piperazine rings is 1. The zero-order valence-electron chi connectivity index (χ0n) is 12.6. The molecule has 1 aliphatic heterocycles. The average Bonchev–Trinajstić information content (AvgIpc) is 2.47. The number of carbonyl (C=O) groups excluding carboxylic acids is 1. The second-order valence-electron chi connectivity index (χ2n) is 5.52. The van der Waals surface area contributed by atoms with E-state index in [1.807, 2.05) is 0 Å². The van der Waals surface area contributed by atoms with Crippen LogP contribution in [-0.4, -0.2) is 60.7 Å². The lowest BCUT2D eigenvalue weighted by atomic mass is 10.2. The molecule has 1 heterocycles. The molecule has 23 heavy (non-hydrogen) atoms. The first-order valence-corrected chi connectivity index (χ1v) is 7.59. The number of carbonyl (C=O) groups is 1. The Bertz CT molecular complexity index is 537. The smallest absolute Gasteiger partial charge is 0.401 e. The van der Waals surface area contributed by atoms with Crippen molar-refractivity contribution in [2.24, 2.45) is 0 Å². The molecule has 1 saturated heterocycles. The van der Waals surface area contributed by atoms with Crippen molar-refractivity contribution in [1.29, 1.82) is 0 Å². The van der Waals surface area contributed by atoms with Crippen molar-refractivity contribution in [3.05, 3.63) is 29.3 Å². The number of hydrogen-bond donors (Lipinski definition) is 0. The van der Waals surface area contributed by atoms with E-state index < -0.39 is 12.7 Å². The Kier molecular flexibility index (Phi) is 5.75. The van der Waals surface area contributed by atoms with E-state index in [9.17, 15) is 18.0 Å². The Morgan fingerprint density at radius 2 is 1.96 bits per heavy atom. The van der Waals surface area contributed by atoms with E-state index in [0.717, 1.165) is 0 Å². The number of amides is 1. The number of rotatable bonds is 4. The first-order chi connectivity index (χ1) is 10.7. The standard InChI is InChI=1S/C15H18ClF3N2O2/c1-11-8-20(6-7-21(11)10-15(17,18)19)14(22)9-23-13-4-2-12(16)3-5-13/h2-5,11H,6-10H2,1H3/t11-/m0/s1. The molecule has 8 heteroatoms. The van der Waals surface area contributed by atoms with Crippen molar-refractivity contribution in [3.8, 4) is 5.75 Å². The van der Waals surface area contributed by atoms with Crippen LogP contribution in [0.2, 0.25) is 5.02 Å². The highest BCUT2D eigenvalue weighted by Gasteiger charge is 2.35. The number of halogens is 4. The summed E-state index contributed by atoms with van der Waals surface area (Å²) in [6.45, 7) is 1.33. The maximum Gasteiger partial charge on any atom is 0.401 e. The molecule has 0 aliphatic carbocycles. The van der Waals surface area contributed by atoms with E-state index in [-0.39, 0.29) is 38.2 Å². The van der Waals surface area contributed by atoms with Crippen molar-refractivity contribution in [2.45, 2.75) is 19.1 Å². The highest BCUT2D eigenvalue weighted by atomic mass is 35.5. The number of alkyl halides is 3. The van der Waals surface area contributed by atoms with Crippen LogP contribution in [0.4, 0.5) is 13.2 Å². The van der Waals surface area contributed by atoms with E-state index in [0.29, 0.717) is 10.8 Å². The van der Waals surface area contributed by atoms with Gasteiger partial charge in [-0.15, -0.1) is 0 Å². The molecule has 0 N–H and O–H groups in total. The zero-order valence-corrected chi connectivity index (χ0v) is 13.4. The van der Waals surface area contributed by atoms with Gasteiger partial charge in [-0.2, -0.15) is 13.2 Å². The van der Waals surface area contributed by atoms with Crippen LogP contribution in [0, 0.1) is 0 Å². The molecular weight excluding hydrogens is 333 g/mol. The van der Waals surface area contributed by atoms with E-state index in [2.05, 4.69) is 0 Å². The van der Waals surface area contributed by atoms with Crippen molar-refractivity contribution in [1.82, 2.24) is 9.80 Å². The molecule has 1 fully saturated rings. The first-order valence-electron chi connectivity index (χ1n) is 7.21. The molecule has 0 bridgehead atoms. The molecule has 128 valence electrons. The summed E-state index contributed by atoms with van der Waals surface area (Å²) in [5, 5.41) is 0.568. The second-order valence-corrected chi connectivity index (χ2v) is 5.95. The van der Waals surface area contributed by atoms with Crippen LogP contribution in [0.1, 0.15) is 6.92 Å². The van der Waals surface area contributed by atoms with Crippen molar-refractivity contribution >= 4 is 17.5 Å². The van der Waals surface area contributed by atoms with Gasteiger partial charge >= 0.3 is 6.18 Å². The Morgan fingerprint density at radius 1 is 1.30 bits per heavy atom. The van der Waals surface area contributed by atoms with Gasteiger partial charge in [0, 0.05) is 30.7 Å². The predicted molar refractivity (Wildman–Crippen MR) is 80.6 cm³/mol. The quantitative estimate of drug-likeness (QED) is 0.837. The van der Waals surface area contributed by atoms with Crippen molar-refractivity contribution in [3.63, 3.8) is 0 Å². The lowest BCUT2D eigenvalue weighted by molar-refractivity contribution is -0.158. The summed E-state index contributed by atoms with van der Waals surface area (Å²) >= 11 is 5.76. The summed E-state index contributed by atoms with van der Waals surface area (Å²) in [4.78, 5) is 15.0. The van der Waals surface area contributed by atoms with Crippen LogP contribution in [-0.2, 0) is 4.79 Å². The lowest BCUT2D eigenvalue weighted by Gasteiger charge is -2.40. The minimum atomic E-state index is -4.22. The lowest BCUT2D eigenvalue weighted by Crippen LogP contribution is -2.56. The van der Waals surface area contributed by atoms with Gasteiger partial charge in [-0.05, 0) is 31.2 Å². The summed E-state index contributed by atoms with van der Waals surface area (Å²) in [5.74, 6) is 0.282. The van der Waals surface area contributed by atoms with Crippen molar-refractivity contribution < 1.29 is 22.7 Å². The normalized spacial score (nSPS) is 19.7. The summed E-state index contributed by atoms with van der Waals surface area (Å²) in [6.07, 6.45) is -4.22. The fraction of sp³-hybridized carbons (Fsp3) is 0.533. The highest BCUT2D eigenvalue weighted by Crippen LogP contribution is 2.20. The van der Waals surface area contributed by atoms with Crippen LogP contribution in [0.15, 0.2) is 24.3 Å². The summed E-state index contributed by atoms with van der Waals surface area (Å²) < 4.78 is 42.7. The molecule has 1 aromatic carbocycles. The van der Waals surface area contributed by atoms with E-state index in [1.54, 1.807) is 31.2 Å². The predicted octanol–water partition coefficient (Wildman–Crippen LogP) is 2.81. The number of benzene rings is 1. The molecule has 0 radical (unpaired) electrons. The molecule has 0 saturated carbocycles. The largest absolute Gasteiger partial charge is 0.484 e. The zero-order chi connectivity index (χ0) is 17.0. The number of hydrogen-bond acceptors (Lipinski definition) is 3. The molecular formula is C15H18ClF3N2O2. The maximum atomic E-state index is 12.5. The summed E-state index contributed by atoms with van der Waals surface area (Å²) in [7, 11) is 0. The molecule has 1 aliphatic rings.